The molecular weight excluding hydrogens is 226 g/mol. The third-order valence-corrected chi connectivity index (χ3v) is 3.80. The summed E-state index contributed by atoms with van der Waals surface area (Å²) in [7, 11) is 0. The van der Waals surface area contributed by atoms with Gasteiger partial charge in [0.05, 0.1) is 5.69 Å². The van der Waals surface area contributed by atoms with E-state index in [0.29, 0.717) is 5.92 Å². The van der Waals surface area contributed by atoms with Gasteiger partial charge in [-0.1, -0.05) is 0 Å². The monoisotopic (exact) mass is 243 g/mol. The van der Waals surface area contributed by atoms with Gasteiger partial charge in [-0.25, -0.2) is 9.50 Å². The van der Waals surface area contributed by atoms with Crippen molar-refractivity contribution in [1.82, 2.24) is 19.9 Å². The van der Waals surface area contributed by atoms with Crippen molar-refractivity contribution in [1.29, 1.82) is 0 Å². The largest absolute Gasteiger partial charge is 0.352 e. The van der Waals surface area contributed by atoms with Gasteiger partial charge in [0, 0.05) is 44.5 Å². The van der Waals surface area contributed by atoms with Crippen molar-refractivity contribution in [3.63, 3.8) is 0 Å². The van der Waals surface area contributed by atoms with E-state index in [4.69, 9.17) is 0 Å². The van der Waals surface area contributed by atoms with Crippen LogP contribution in [0.25, 0.3) is 5.52 Å². The van der Waals surface area contributed by atoms with Crippen LogP contribution in [0.1, 0.15) is 24.5 Å². The Morgan fingerprint density at radius 2 is 2.06 bits per heavy atom. The fourth-order valence-electron chi connectivity index (χ4n) is 2.63. The fourth-order valence-corrected chi connectivity index (χ4v) is 2.63. The number of nitrogens with zero attached hydrogens (tertiary/aromatic N) is 4. The van der Waals surface area contributed by atoms with Gasteiger partial charge in [-0.2, -0.15) is 5.10 Å². The standard InChI is InChI=1S/C13H17N5/c1-2-10(1)11-9-12-13(15-5-8-18(12)16-11)17-6-3-14-4-7-17/h5,8-10,14H,1-4,6-7H2. The highest BCUT2D eigenvalue weighted by atomic mass is 15.3. The molecule has 5 nitrogen and oxygen atoms in total. The van der Waals surface area contributed by atoms with Crippen LogP contribution >= 0.6 is 0 Å². The van der Waals surface area contributed by atoms with Gasteiger partial charge in [0.2, 0.25) is 0 Å². The molecule has 2 aromatic heterocycles. The number of hydrogen-bond donors (Lipinski definition) is 1. The third kappa shape index (κ3) is 1.66. The van der Waals surface area contributed by atoms with E-state index in [9.17, 15) is 0 Å². The lowest BCUT2D eigenvalue weighted by Crippen LogP contribution is -2.44. The first-order chi connectivity index (χ1) is 8.92. The zero-order chi connectivity index (χ0) is 11.9. The van der Waals surface area contributed by atoms with Crippen molar-refractivity contribution >= 4 is 11.3 Å². The summed E-state index contributed by atoms with van der Waals surface area (Å²) in [5, 5.41) is 8.04. The summed E-state index contributed by atoms with van der Waals surface area (Å²) < 4.78 is 1.98. The highest BCUT2D eigenvalue weighted by Gasteiger charge is 2.27. The highest BCUT2D eigenvalue weighted by molar-refractivity contribution is 5.69. The summed E-state index contributed by atoms with van der Waals surface area (Å²) in [6, 6.07) is 2.22. The Balaban J connectivity index is 1.78. The molecule has 0 spiro atoms. The van der Waals surface area contributed by atoms with E-state index < -0.39 is 0 Å². The zero-order valence-corrected chi connectivity index (χ0v) is 10.3. The lowest BCUT2D eigenvalue weighted by Gasteiger charge is -2.28. The minimum absolute atomic E-state index is 0.695. The Morgan fingerprint density at radius 1 is 1.22 bits per heavy atom. The molecule has 94 valence electrons. The van der Waals surface area contributed by atoms with E-state index in [-0.39, 0.29) is 0 Å². The molecule has 2 aliphatic rings. The maximum atomic E-state index is 4.66. The molecule has 4 rings (SSSR count). The van der Waals surface area contributed by atoms with Crippen LogP contribution in [-0.4, -0.2) is 40.8 Å². The predicted molar refractivity (Wildman–Crippen MR) is 70.0 cm³/mol. The molecule has 3 heterocycles. The van der Waals surface area contributed by atoms with E-state index in [1.165, 1.54) is 18.5 Å². The minimum Gasteiger partial charge on any atom is -0.352 e. The summed E-state index contributed by atoms with van der Waals surface area (Å²) in [6.45, 7) is 4.12. The average molecular weight is 243 g/mol. The van der Waals surface area contributed by atoms with Gasteiger partial charge in [0.15, 0.2) is 5.82 Å². The van der Waals surface area contributed by atoms with Gasteiger partial charge in [-0.3, -0.25) is 0 Å². The molecular formula is C13H17N5. The lowest BCUT2D eigenvalue weighted by atomic mass is 10.2. The summed E-state index contributed by atoms with van der Waals surface area (Å²) in [4.78, 5) is 6.91. The maximum absolute atomic E-state index is 4.66. The number of piperazine rings is 1. The molecule has 1 saturated heterocycles. The zero-order valence-electron chi connectivity index (χ0n) is 10.3. The van der Waals surface area contributed by atoms with Crippen LogP contribution in [0.5, 0.6) is 0 Å². The molecule has 0 bridgehead atoms. The number of fused-ring (bicyclic) bond motifs is 1. The molecule has 0 unspecified atom stereocenters. The predicted octanol–water partition coefficient (Wildman–Crippen LogP) is 1.02. The Hall–Kier alpha value is -1.62. The first kappa shape index (κ1) is 10.3. The molecule has 1 saturated carbocycles. The molecule has 18 heavy (non-hydrogen) atoms. The van der Waals surface area contributed by atoms with Gasteiger partial charge in [0.25, 0.3) is 0 Å². The van der Waals surface area contributed by atoms with Gasteiger partial charge >= 0.3 is 0 Å². The van der Waals surface area contributed by atoms with Crippen molar-refractivity contribution < 1.29 is 0 Å². The quantitative estimate of drug-likeness (QED) is 0.855. The topological polar surface area (TPSA) is 45.5 Å². The van der Waals surface area contributed by atoms with E-state index in [2.05, 4.69) is 26.4 Å². The number of hydrogen-bond acceptors (Lipinski definition) is 4. The molecule has 0 atom stereocenters. The number of nitrogens with one attached hydrogen (secondary N) is 1. The van der Waals surface area contributed by atoms with Crippen LogP contribution in [0.2, 0.25) is 0 Å². The Morgan fingerprint density at radius 3 is 2.83 bits per heavy atom. The third-order valence-electron chi connectivity index (χ3n) is 3.80. The van der Waals surface area contributed by atoms with E-state index in [1.54, 1.807) is 0 Å². The molecule has 1 aliphatic heterocycles. The lowest BCUT2D eigenvalue weighted by molar-refractivity contribution is 0.585. The number of rotatable bonds is 2. The van der Waals surface area contributed by atoms with Gasteiger partial charge in [-0.05, 0) is 18.9 Å². The summed E-state index contributed by atoms with van der Waals surface area (Å²) in [6.07, 6.45) is 6.39. The second-order valence-electron chi connectivity index (χ2n) is 5.16. The van der Waals surface area contributed by atoms with Crippen molar-refractivity contribution in [3.05, 3.63) is 24.2 Å². The molecule has 0 aromatic carbocycles. The first-order valence-corrected chi connectivity index (χ1v) is 6.72. The van der Waals surface area contributed by atoms with Crippen LogP contribution in [0.15, 0.2) is 18.5 Å². The average Bonchev–Trinajstić information content (AvgIpc) is 3.18. The first-order valence-electron chi connectivity index (χ1n) is 6.72. The fraction of sp³-hybridized carbons (Fsp3) is 0.538. The summed E-state index contributed by atoms with van der Waals surface area (Å²) >= 11 is 0. The van der Waals surface area contributed by atoms with Crippen LogP contribution in [0.4, 0.5) is 5.82 Å². The van der Waals surface area contributed by atoms with Crippen LogP contribution in [-0.2, 0) is 0 Å². The summed E-state index contributed by atoms with van der Waals surface area (Å²) in [5.41, 5.74) is 2.39. The SMILES string of the molecule is c1cn2nc(C3CC3)cc2c(N2CCNCC2)n1. The van der Waals surface area contributed by atoms with Gasteiger partial charge < -0.3 is 10.2 Å². The second-order valence-corrected chi connectivity index (χ2v) is 5.16. The molecule has 0 radical (unpaired) electrons. The molecule has 1 N–H and O–H groups in total. The van der Waals surface area contributed by atoms with Crippen LogP contribution in [0, 0.1) is 0 Å². The smallest absolute Gasteiger partial charge is 0.154 e. The van der Waals surface area contributed by atoms with E-state index >= 15 is 0 Å². The van der Waals surface area contributed by atoms with Crippen LogP contribution in [0.3, 0.4) is 0 Å². The van der Waals surface area contributed by atoms with Gasteiger partial charge in [0.1, 0.15) is 5.52 Å². The van der Waals surface area contributed by atoms with Crippen molar-refractivity contribution in [3.8, 4) is 0 Å². The Bertz CT molecular complexity index is 566. The Kier molecular flexibility index (Phi) is 2.26. The maximum Gasteiger partial charge on any atom is 0.154 e. The minimum atomic E-state index is 0.695. The highest BCUT2D eigenvalue weighted by Crippen LogP contribution is 2.40. The summed E-state index contributed by atoms with van der Waals surface area (Å²) in [5.74, 6) is 1.78. The molecule has 5 heteroatoms. The van der Waals surface area contributed by atoms with E-state index in [0.717, 1.165) is 37.5 Å². The van der Waals surface area contributed by atoms with E-state index in [1.807, 2.05) is 16.9 Å². The molecule has 0 amide bonds. The molecule has 2 fully saturated rings. The normalized spacial score (nSPS) is 20.6. The Labute approximate surface area is 106 Å². The second kappa shape index (κ2) is 3.95. The van der Waals surface area contributed by atoms with Crippen molar-refractivity contribution in [2.24, 2.45) is 0 Å². The van der Waals surface area contributed by atoms with Crippen molar-refractivity contribution in [2.75, 3.05) is 31.1 Å². The van der Waals surface area contributed by atoms with Gasteiger partial charge in [-0.15, -0.1) is 0 Å². The molecule has 2 aromatic rings. The van der Waals surface area contributed by atoms with Crippen LogP contribution < -0.4 is 10.2 Å². The van der Waals surface area contributed by atoms with Crippen molar-refractivity contribution in [2.45, 2.75) is 18.8 Å². The number of anilines is 1. The number of aromatic nitrogens is 3. The molecule has 1 aliphatic carbocycles.